The van der Waals surface area contributed by atoms with Gasteiger partial charge in [-0.1, -0.05) is 57.5 Å². The van der Waals surface area contributed by atoms with Crippen molar-refractivity contribution >= 4 is 147 Å². The topological polar surface area (TPSA) is 579 Å². The van der Waals surface area contributed by atoms with Crippen LogP contribution in [0.1, 0.15) is 94.3 Å². The van der Waals surface area contributed by atoms with E-state index >= 15 is 0 Å². The van der Waals surface area contributed by atoms with Crippen molar-refractivity contribution < 1.29 is 94.5 Å². The molecule has 3 atom stereocenters. The zero-order valence-corrected chi connectivity index (χ0v) is 84.5. The van der Waals surface area contributed by atoms with E-state index in [0.29, 0.717) is 97.0 Å². The van der Waals surface area contributed by atoms with Crippen LogP contribution in [0.2, 0.25) is 0 Å². The number of aliphatic hydroxyl groups excluding tert-OH is 1. The van der Waals surface area contributed by atoms with Crippen molar-refractivity contribution in [3.8, 4) is 89.5 Å². The highest BCUT2D eigenvalue weighted by Crippen LogP contribution is 2.47. The lowest BCUT2D eigenvalue weighted by molar-refractivity contribution is -0.209. The third-order valence-electron chi connectivity index (χ3n) is 22.4. The van der Waals surface area contributed by atoms with Gasteiger partial charge in [0.25, 0.3) is 0 Å². The number of aliphatic hydroxyl groups is 2. The Morgan fingerprint density at radius 3 is 1.07 bits per heavy atom. The molecule has 43 nitrogen and oxygen atoms in total. The molecular formula is C95H97F3N26O17P2S4. The summed E-state index contributed by atoms with van der Waals surface area (Å²) in [4.78, 5) is 159. The maximum atomic E-state index is 12.9. The van der Waals surface area contributed by atoms with Crippen LogP contribution in [0, 0.1) is 0 Å². The standard InChI is InChI=1S/C27H29N7O4S.C26H26F3N7O3S.2C21H21N6O5PS/c1-2-28-25(35)33-26-32-22-11-18(19-12-30-24(31-13-19)27(36)15-38-16-27)10-20(23(22)39-26)21-9-17(3-4-29-21)14-34-5-7-37-8-6-34;1-3-30-24(38)35-25-34-20-8-15(16-9-32-23(33-10-16)22(37)26(27,28)29)7-18(21(20)40-25)19-6-14(4-5-31-19)11-36-12-17(13-36)39-2;2*1-3-22-20(28)27-21-26-17-9-13(8-15(18(17)34-21)16-6-4-5-7-23-16)14-10-24-19(25-11-14)12(2)32-33(29,30)31/h3-4,9-13,36H,2,5-8,14-16H2,1H3,(H2,28,32,33,35);4-10,17,22,37H,3,11-13H2,1-2H3,(H2,30,34,35,38);2*4-12H,3H2,1-2H3,(H2,29,30,31)(H2,22,26,27,28)/t;;2*12-/m..10/s1. The van der Waals surface area contributed by atoms with Crippen LogP contribution in [0.4, 0.5) is 52.9 Å². The number of carbonyl (C=O) groups excluding carboxylic acids is 4. The maximum absolute atomic E-state index is 12.9. The average Bonchev–Trinajstić information content (AvgIpc) is 1.68. The number of likely N-dealkylation sites (tertiary alicyclic amines) is 1. The fraction of sp³-hybridized carbons (Fsp3) is 0.284. The molecule has 4 aromatic carbocycles. The van der Waals surface area contributed by atoms with Crippen LogP contribution in [0.15, 0.2) is 184 Å². The first-order valence-electron chi connectivity index (χ1n) is 45.7. The fourth-order valence-corrected chi connectivity index (χ4v) is 20.2. The van der Waals surface area contributed by atoms with Crippen LogP contribution in [-0.2, 0) is 51.1 Å². The molecule has 0 spiro atoms. The van der Waals surface area contributed by atoms with E-state index in [4.69, 9.17) is 43.8 Å². The van der Waals surface area contributed by atoms with E-state index in [2.05, 4.69) is 143 Å². The van der Waals surface area contributed by atoms with Crippen molar-refractivity contribution in [1.82, 2.24) is 111 Å². The molecule has 16 aromatic rings. The van der Waals surface area contributed by atoms with Gasteiger partial charge in [-0.25, -0.2) is 88.1 Å². The number of morpholine rings is 1. The van der Waals surface area contributed by atoms with Crippen LogP contribution in [0.3, 0.4) is 0 Å². The lowest BCUT2D eigenvalue weighted by atomic mass is 10.00. The monoisotopic (exact) mass is 2120 g/mol. The van der Waals surface area contributed by atoms with Crippen molar-refractivity contribution in [3.63, 3.8) is 0 Å². The number of phosphoric acid groups is 2. The van der Waals surface area contributed by atoms with E-state index < -0.39 is 51.6 Å². The highest BCUT2D eigenvalue weighted by atomic mass is 32.1. The van der Waals surface area contributed by atoms with Gasteiger partial charge in [0.05, 0.1) is 96.2 Å². The quantitative estimate of drug-likeness (QED) is 0.0194. The Morgan fingerprint density at radius 2 is 0.769 bits per heavy atom. The van der Waals surface area contributed by atoms with Gasteiger partial charge in [0, 0.05) is 191 Å². The third kappa shape index (κ3) is 27.3. The van der Waals surface area contributed by atoms with Crippen molar-refractivity contribution in [2.24, 2.45) is 0 Å². The van der Waals surface area contributed by atoms with Crippen molar-refractivity contribution in [2.45, 2.75) is 90.8 Å². The Labute approximate surface area is 852 Å². The number of hydrogen-bond donors (Lipinski definition) is 14. The van der Waals surface area contributed by atoms with Crippen molar-refractivity contribution in [1.29, 1.82) is 0 Å². The van der Waals surface area contributed by atoms with Gasteiger partial charge in [-0.15, -0.1) is 0 Å². The first-order chi connectivity index (χ1) is 70.6. The average molecular weight is 2120 g/mol. The summed E-state index contributed by atoms with van der Waals surface area (Å²) in [6.07, 6.45) is 9.60. The van der Waals surface area contributed by atoms with Crippen molar-refractivity contribution in [3.05, 3.63) is 218 Å². The number of halogens is 3. The molecule has 3 aliphatic rings. The molecule has 3 aliphatic heterocycles. The number of phosphoric ester groups is 2. The number of urea groups is 4. The number of methoxy groups -OCH3 is 1. The Morgan fingerprint density at radius 1 is 0.442 bits per heavy atom. The Balaban J connectivity index is 0.000000140. The summed E-state index contributed by atoms with van der Waals surface area (Å²) >= 11 is 5.38. The second-order valence-corrected chi connectivity index (χ2v) is 39.6. The minimum Gasteiger partial charge on any atom is -0.379 e. The number of pyridine rings is 4. The fourth-order valence-electron chi connectivity index (χ4n) is 15.4. The first-order valence-corrected chi connectivity index (χ1v) is 52.0. The number of benzene rings is 4. The van der Waals surface area contributed by atoms with E-state index in [9.17, 15) is 51.7 Å². The van der Waals surface area contributed by atoms with E-state index in [1.54, 1.807) is 75.9 Å². The normalized spacial score (nSPS) is 14.4. The van der Waals surface area contributed by atoms with Gasteiger partial charge < -0.3 is 65.3 Å². The number of aromatic nitrogens is 16. The molecule has 8 amide bonds. The Bertz CT molecular complexity index is 7260. The van der Waals surface area contributed by atoms with Crippen molar-refractivity contribution in [2.75, 3.05) is 107 Å². The van der Waals surface area contributed by atoms with Gasteiger partial charge in [0.2, 0.25) is 6.10 Å². The molecule has 19 rings (SSSR count). The zero-order valence-electron chi connectivity index (χ0n) is 79.4. The molecule has 0 aliphatic carbocycles. The minimum atomic E-state index is -4.88. The molecular weight excluding hydrogens is 2020 g/mol. The number of ether oxygens (including phenoxy) is 3. The van der Waals surface area contributed by atoms with Gasteiger partial charge in [-0.3, -0.25) is 60.1 Å². The van der Waals surface area contributed by atoms with Crippen LogP contribution < -0.4 is 42.5 Å². The SMILES string of the molecule is CCNC(=O)Nc1nc2cc(-c3cnc(C(O)C(F)(F)F)nc3)cc(-c3cc(CN4CC(OC)C4)ccn3)c2s1.CCNC(=O)Nc1nc2cc(-c3cnc(C4(O)COC4)nc3)cc(-c3cc(CN4CCOCC4)ccn3)c2s1.CCNC(=O)Nc1nc2cc(-c3cnc([C@@H](C)OP(=O)(O)O)nc3)cc(-c3ccccn3)c2s1.CCNC(=O)Nc1nc2cc(-c3cnc([C@H](C)OP(=O)(O)O)nc3)cc(-c3ccccn3)c2s1. The number of anilines is 4. The van der Waals surface area contributed by atoms with Gasteiger partial charge >= 0.3 is 45.9 Å². The molecule has 14 N–H and O–H groups in total. The lowest BCUT2D eigenvalue weighted by Crippen LogP contribution is -2.50. The predicted molar refractivity (Wildman–Crippen MR) is 547 cm³/mol. The van der Waals surface area contributed by atoms with Gasteiger partial charge in [0.1, 0.15) is 12.2 Å². The molecule has 0 bridgehead atoms. The molecule has 15 heterocycles. The molecule has 0 saturated carbocycles. The number of carbonyl (C=O) groups is 4. The second-order valence-electron chi connectivity index (χ2n) is 33.2. The summed E-state index contributed by atoms with van der Waals surface area (Å²) in [5.41, 5.74) is 15.5. The smallest absolute Gasteiger partial charge is 0.379 e. The van der Waals surface area contributed by atoms with Crippen LogP contribution >= 0.6 is 61.0 Å². The predicted octanol–water partition coefficient (Wildman–Crippen LogP) is 15.6. The Hall–Kier alpha value is -13.8. The number of fused-ring (bicyclic) bond motifs is 4. The summed E-state index contributed by atoms with van der Waals surface area (Å²) in [7, 11) is -7.63. The van der Waals surface area contributed by atoms with E-state index in [1.807, 2.05) is 118 Å². The molecule has 52 heteroatoms. The minimum absolute atomic E-state index is 0.139. The molecule has 3 saturated heterocycles. The summed E-state index contributed by atoms with van der Waals surface area (Å²) < 4.78 is 89.5. The van der Waals surface area contributed by atoms with Gasteiger partial charge in [-0.05, 0) is 172 Å². The first kappa shape index (κ1) is 106. The van der Waals surface area contributed by atoms with Crippen LogP contribution in [0.25, 0.3) is 130 Å². The molecule has 764 valence electrons. The summed E-state index contributed by atoms with van der Waals surface area (Å²) in [6.45, 7) is 19.1. The second kappa shape index (κ2) is 47.3. The largest absolute Gasteiger partial charge is 0.470 e. The summed E-state index contributed by atoms with van der Waals surface area (Å²) in [5, 5.41) is 43.6. The van der Waals surface area contributed by atoms with E-state index in [-0.39, 0.29) is 55.1 Å². The number of nitrogens with zero attached hydrogens (tertiary/aromatic N) is 18. The molecule has 147 heavy (non-hydrogen) atoms. The van der Waals surface area contributed by atoms with Gasteiger partial charge in [-0.2, -0.15) is 13.2 Å². The highest BCUT2D eigenvalue weighted by Gasteiger charge is 2.43. The molecule has 0 radical (unpaired) electrons. The van der Waals surface area contributed by atoms with E-state index in [0.717, 1.165) is 150 Å². The number of alkyl halides is 3. The third-order valence-corrected chi connectivity index (χ3v) is 27.7. The van der Waals surface area contributed by atoms with E-state index in [1.165, 1.54) is 71.6 Å². The number of rotatable bonds is 29. The molecule has 3 fully saturated rings. The summed E-state index contributed by atoms with van der Waals surface area (Å²) in [6, 6.07) is 33.1. The number of thiazole rings is 4. The molecule has 1 unspecified atom stereocenters. The van der Waals surface area contributed by atoms with Crippen LogP contribution in [-0.4, -0.2) is 242 Å². The Kier molecular flexibility index (Phi) is 34.1. The highest BCUT2D eigenvalue weighted by molar-refractivity contribution is 7.46. The number of hydrogen-bond acceptors (Lipinski definition) is 35. The summed E-state index contributed by atoms with van der Waals surface area (Å²) in [5.74, 6) is -0.116. The zero-order chi connectivity index (χ0) is 104. The number of amides is 8. The molecule has 12 aromatic heterocycles. The number of nitrogens with one attached hydrogen (secondary N) is 8. The maximum Gasteiger partial charge on any atom is 0.470 e. The van der Waals surface area contributed by atoms with Gasteiger partial charge in [0.15, 0.2) is 49.4 Å². The lowest BCUT2D eigenvalue weighted by Gasteiger charge is -2.38. The van der Waals surface area contributed by atoms with Crippen LogP contribution in [0.5, 0.6) is 0 Å².